The molecule has 1 atom stereocenters. The first-order chi connectivity index (χ1) is 15.1. The van der Waals surface area contributed by atoms with E-state index in [2.05, 4.69) is 10.5 Å². The zero-order valence-corrected chi connectivity index (χ0v) is 16.8. The lowest BCUT2D eigenvalue weighted by Crippen LogP contribution is -2.30. The fraction of sp³-hybridized carbons (Fsp3) is 0.125. The average molecular weight is 416 g/mol. The molecular weight excluding hydrogens is 396 g/mol. The smallest absolute Gasteiger partial charge is 0.312 e. The molecule has 0 saturated heterocycles. The molecule has 4 aromatic rings. The number of carbonyl (C=O) groups excluding carboxylic acids is 2. The molecule has 7 heteroatoms. The van der Waals surface area contributed by atoms with E-state index in [4.69, 9.17) is 14.0 Å². The van der Waals surface area contributed by atoms with Crippen molar-refractivity contribution in [3.05, 3.63) is 84.6 Å². The molecule has 0 aliphatic rings. The molecule has 1 heterocycles. The molecule has 0 saturated carbocycles. The SMILES string of the molecule is C[C@H](OC(=O)Cc1noc2ccccc12)C(=O)Nc1ccc(Oc2ccccc2)cc1. The van der Waals surface area contributed by atoms with Gasteiger partial charge in [0.15, 0.2) is 11.7 Å². The van der Waals surface area contributed by atoms with Gasteiger partial charge in [0.2, 0.25) is 0 Å². The summed E-state index contributed by atoms with van der Waals surface area (Å²) in [7, 11) is 0. The van der Waals surface area contributed by atoms with Crippen molar-refractivity contribution in [1.82, 2.24) is 5.16 Å². The molecule has 0 bridgehead atoms. The molecule has 0 fully saturated rings. The van der Waals surface area contributed by atoms with Crippen LogP contribution in [0.2, 0.25) is 0 Å². The number of esters is 1. The Kier molecular flexibility index (Phi) is 5.93. The fourth-order valence-electron chi connectivity index (χ4n) is 2.97. The van der Waals surface area contributed by atoms with Crippen LogP contribution in [0.3, 0.4) is 0 Å². The Morgan fingerprint density at radius 2 is 1.61 bits per heavy atom. The molecule has 0 aliphatic carbocycles. The molecule has 0 aliphatic heterocycles. The summed E-state index contributed by atoms with van der Waals surface area (Å²) in [6.45, 7) is 1.51. The van der Waals surface area contributed by atoms with Crippen LogP contribution in [0.25, 0.3) is 11.0 Å². The number of amides is 1. The van der Waals surface area contributed by atoms with Gasteiger partial charge in [0.25, 0.3) is 5.91 Å². The summed E-state index contributed by atoms with van der Waals surface area (Å²) < 4.78 is 16.2. The zero-order chi connectivity index (χ0) is 21.6. The van der Waals surface area contributed by atoms with Crippen molar-refractivity contribution >= 4 is 28.5 Å². The van der Waals surface area contributed by atoms with E-state index in [1.54, 1.807) is 30.3 Å². The van der Waals surface area contributed by atoms with E-state index in [1.807, 2.05) is 48.5 Å². The molecule has 3 aromatic carbocycles. The van der Waals surface area contributed by atoms with Gasteiger partial charge in [-0.3, -0.25) is 9.59 Å². The first-order valence-electron chi connectivity index (χ1n) is 9.75. The molecule has 156 valence electrons. The Morgan fingerprint density at radius 1 is 0.935 bits per heavy atom. The number of nitrogens with one attached hydrogen (secondary N) is 1. The summed E-state index contributed by atoms with van der Waals surface area (Å²) >= 11 is 0. The lowest BCUT2D eigenvalue weighted by atomic mass is 10.2. The summed E-state index contributed by atoms with van der Waals surface area (Å²) in [5, 5.41) is 7.37. The van der Waals surface area contributed by atoms with E-state index in [0.717, 1.165) is 11.1 Å². The van der Waals surface area contributed by atoms with Gasteiger partial charge in [0, 0.05) is 11.1 Å². The molecule has 1 amide bonds. The number of ether oxygens (including phenoxy) is 2. The molecule has 0 unspecified atom stereocenters. The van der Waals surface area contributed by atoms with Gasteiger partial charge >= 0.3 is 5.97 Å². The van der Waals surface area contributed by atoms with Crippen molar-refractivity contribution in [3.8, 4) is 11.5 Å². The van der Waals surface area contributed by atoms with Crippen LogP contribution in [0.5, 0.6) is 11.5 Å². The minimum atomic E-state index is -0.967. The second-order valence-corrected chi connectivity index (χ2v) is 6.86. The number of benzene rings is 3. The van der Waals surface area contributed by atoms with Crippen molar-refractivity contribution in [2.45, 2.75) is 19.4 Å². The number of carbonyl (C=O) groups is 2. The number of para-hydroxylation sites is 2. The van der Waals surface area contributed by atoms with Crippen LogP contribution in [0.1, 0.15) is 12.6 Å². The molecule has 31 heavy (non-hydrogen) atoms. The van der Waals surface area contributed by atoms with Crippen molar-refractivity contribution in [2.75, 3.05) is 5.32 Å². The minimum Gasteiger partial charge on any atom is -0.457 e. The van der Waals surface area contributed by atoms with Crippen molar-refractivity contribution in [3.63, 3.8) is 0 Å². The fourth-order valence-corrected chi connectivity index (χ4v) is 2.97. The van der Waals surface area contributed by atoms with Crippen molar-refractivity contribution in [2.24, 2.45) is 0 Å². The van der Waals surface area contributed by atoms with Crippen molar-refractivity contribution in [1.29, 1.82) is 0 Å². The predicted molar refractivity (Wildman–Crippen MR) is 115 cm³/mol. The summed E-state index contributed by atoms with van der Waals surface area (Å²) in [4.78, 5) is 24.6. The van der Waals surface area contributed by atoms with Crippen LogP contribution < -0.4 is 10.1 Å². The Labute approximate surface area is 178 Å². The quantitative estimate of drug-likeness (QED) is 0.438. The standard InChI is InChI=1S/C24H20N2O5/c1-16(29-23(27)15-21-20-9-5-6-10-22(20)31-26-21)24(28)25-17-11-13-19(14-12-17)30-18-7-3-2-4-8-18/h2-14,16H,15H2,1H3,(H,25,28)/t16-/m0/s1. The van der Waals surface area contributed by atoms with Gasteiger partial charge in [0.1, 0.15) is 17.2 Å². The highest BCUT2D eigenvalue weighted by atomic mass is 16.5. The highest BCUT2D eigenvalue weighted by Gasteiger charge is 2.20. The largest absolute Gasteiger partial charge is 0.457 e. The van der Waals surface area contributed by atoms with Gasteiger partial charge in [-0.05, 0) is 55.5 Å². The Balaban J connectivity index is 1.30. The highest BCUT2D eigenvalue weighted by Crippen LogP contribution is 2.23. The molecular formula is C24H20N2O5. The van der Waals surface area contributed by atoms with E-state index in [-0.39, 0.29) is 6.42 Å². The van der Waals surface area contributed by atoms with Crippen molar-refractivity contribution < 1.29 is 23.6 Å². The number of hydrogen-bond acceptors (Lipinski definition) is 6. The average Bonchev–Trinajstić information content (AvgIpc) is 3.18. The zero-order valence-electron chi connectivity index (χ0n) is 16.8. The highest BCUT2D eigenvalue weighted by molar-refractivity contribution is 5.95. The van der Waals surface area contributed by atoms with E-state index < -0.39 is 18.0 Å². The molecule has 1 aromatic heterocycles. The van der Waals surface area contributed by atoms with Crippen LogP contribution in [-0.4, -0.2) is 23.1 Å². The molecule has 1 N–H and O–H groups in total. The van der Waals surface area contributed by atoms with Gasteiger partial charge in [-0.25, -0.2) is 0 Å². The Bertz CT molecular complexity index is 1190. The number of anilines is 1. The number of rotatable bonds is 7. The number of fused-ring (bicyclic) bond motifs is 1. The van der Waals surface area contributed by atoms with Crippen LogP contribution >= 0.6 is 0 Å². The maximum Gasteiger partial charge on any atom is 0.312 e. The van der Waals surface area contributed by atoms with Gasteiger partial charge in [-0.1, -0.05) is 35.5 Å². The van der Waals surface area contributed by atoms with Gasteiger partial charge in [0.05, 0.1) is 6.42 Å². The summed E-state index contributed by atoms with van der Waals surface area (Å²) in [6.07, 6.45) is -1.05. The monoisotopic (exact) mass is 416 g/mol. The molecule has 0 spiro atoms. The summed E-state index contributed by atoms with van der Waals surface area (Å²) in [5.41, 5.74) is 1.63. The van der Waals surface area contributed by atoms with E-state index >= 15 is 0 Å². The number of aromatic nitrogens is 1. The maximum absolute atomic E-state index is 12.4. The van der Waals surface area contributed by atoms with Crippen LogP contribution in [0.15, 0.2) is 83.4 Å². The first kappa shape index (κ1) is 20.2. The lowest BCUT2D eigenvalue weighted by molar-refractivity contribution is -0.152. The summed E-state index contributed by atoms with van der Waals surface area (Å²) in [6, 6.07) is 23.6. The minimum absolute atomic E-state index is 0.0832. The van der Waals surface area contributed by atoms with Gasteiger partial charge in [-0.15, -0.1) is 0 Å². The second-order valence-electron chi connectivity index (χ2n) is 6.86. The Hall–Kier alpha value is -4.13. The lowest BCUT2D eigenvalue weighted by Gasteiger charge is -2.13. The molecule has 7 nitrogen and oxygen atoms in total. The van der Waals surface area contributed by atoms with E-state index in [0.29, 0.717) is 22.7 Å². The first-order valence-corrected chi connectivity index (χ1v) is 9.75. The topological polar surface area (TPSA) is 90.7 Å². The van der Waals surface area contributed by atoms with Crippen LogP contribution in [0, 0.1) is 0 Å². The van der Waals surface area contributed by atoms with Crippen LogP contribution in [-0.2, 0) is 20.7 Å². The van der Waals surface area contributed by atoms with E-state index in [1.165, 1.54) is 6.92 Å². The predicted octanol–water partition coefficient (Wildman–Crippen LogP) is 4.73. The third-order valence-corrected chi connectivity index (χ3v) is 4.54. The third kappa shape index (κ3) is 5.08. The summed E-state index contributed by atoms with van der Waals surface area (Å²) in [5.74, 6) is 0.367. The second kappa shape index (κ2) is 9.13. The third-order valence-electron chi connectivity index (χ3n) is 4.54. The van der Waals surface area contributed by atoms with Gasteiger partial charge < -0.3 is 19.3 Å². The maximum atomic E-state index is 12.4. The number of nitrogens with zero attached hydrogens (tertiary/aromatic N) is 1. The Morgan fingerprint density at radius 3 is 2.39 bits per heavy atom. The van der Waals surface area contributed by atoms with E-state index in [9.17, 15) is 9.59 Å². The van der Waals surface area contributed by atoms with Gasteiger partial charge in [-0.2, -0.15) is 0 Å². The molecule has 4 rings (SSSR count). The normalized spacial score (nSPS) is 11.6. The molecule has 0 radical (unpaired) electrons. The van der Waals surface area contributed by atoms with Crippen LogP contribution in [0.4, 0.5) is 5.69 Å². The number of hydrogen-bond donors (Lipinski definition) is 1.